The van der Waals surface area contributed by atoms with Gasteiger partial charge >= 0.3 is 5.82 Å². The van der Waals surface area contributed by atoms with Gasteiger partial charge in [-0.15, -0.1) is 0 Å². The molecule has 0 amide bonds. The molecule has 1 aromatic carbocycles. The van der Waals surface area contributed by atoms with E-state index in [1.807, 2.05) is 6.92 Å². The molecule has 0 aliphatic heterocycles. The fourth-order valence-corrected chi connectivity index (χ4v) is 2.40. The number of rotatable bonds is 6. The minimum Gasteiger partial charge on any atom is -0.483 e. The van der Waals surface area contributed by atoms with Crippen LogP contribution >= 0.6 is 0 Å². The Labute approximate surface area is 124 Å². The average molecular weight is 309 g/mol. The van der Waals surface area contributed by atoms with Crippen LogP contribution in [0, 0.1) is 10.1 Å². The SMILES string of the molecule is CCn1c([N+](=O)[O-])cnc1COc1ccc(S(C)=O)cc1. The highest BCUT2D eigenvalue weighted by Crippen LogP contribution is 2.18. The zero-order valence-corrected chi connectivity index (χ0v) is 12.5. The summed E-state index contributed by atoms with van der Waals surface area (Å²) in [5.74, 6) is 1.04. The Bertz CT molecular complexity index is 667. The Kier molecular flexibility index (Phi) is 4.69. The molecule has 2 aromatic rings. The first-order chi connectivity index (χ1) is 10.0. The van der Waals surface area contributed by atoms with Crippen molar-refractivity contribution in [1.82, 2.24) is 9.55 Å². The van der Waals surface area contributed by atoms with Crippen molar-refractivity contribution in [3.63, 3.8) is 0 Å². The third kappa shape index (κ3) is 3.46. The summed E-state index contributed by atoms with van der Waals surface area (Å²) in [5, 5.41) is 10.8. The molecule has 1 atom stereocenters. The number of imidazole rings is 1. The van der Waals surface area contributed by atoms with E-state index in [1.165, 1.54) is 10.8 Å². The standard InChI is InChI=1S/C13H15N3O4S/c1-3-15-12(14-8-13(15)16(17)18)9-20-10-4-6-11(7-5-10)21(2)19/h4-8H,3,9H2,1-2H3. The maximum absolute atomic E-state index is 11.3. The van der Waals surface area contributed by atoms with Crippen LogP contribution < -0.4 is 4.74 Å². The highest BCUT2D eigenvalue weighted by atomic mass is 32.2. The lowest BCUT2D eigenvalue weighted by Gasteiger charge is -2.06. The Morgan fingerprint density at radius 1 is 1.38 bits per heavy atom. The molecule has 0 N–H and O–H groups in total. The fourth-order valence-electron chi connectivity index (χ4n) is 1.88. The highest BCUT2D eigenvalue weighted by molar-refractivity contribution is 7.84. The van der Waals surface area contributed by atoms with Gasteiger partial charge < -0.3 is 14.9 Å². The van der Waals surface area contributed by atoms with Gasteiger partial charge in [0.05, 0.1) is 6.54 Å². The van der Waals surface area contributed by atoms with Gasteiger partial charge in [-0.05, 0) is 36.1 Å². The smallest absolute Gasteiger partial charge is 0.342 e. The zero-order chi connectivity index (χ0) is 15.4. The molecule has 0 saturated heterocycles. The quantitative estimate of drug-likeness (QED) is 0.602. The maximum atomic E-state index is 11.3. The first-order valence-corrected chi connectivity index (χ1v) is 7.83. The lowest BCUT2D eigenvalue weighted by molar-refractivity contribution is -0.392. The summed E-state index contributed by atoms with van der Waals surface area (Å²) in [6.45, 7) is 2.39. The van der Waals surface area contributed by atoms with E-state index in [0.717, 1.165) is 0 Å². The molecule has 21 heavy (non-hydrogen) atoms. The molecular formula is C13H15N3O4S. The first-order valence-electron chi connectivity index (χ1n) is 6.28. The molecule has 0 aliphatic rings. The predicted molar refractivity (Wildman–Crippen MR) is 77.7 cm³/mol. The van der Waals surface area contributed by atoms with Crippen molar-refractivity contribution in [2.24, 2.45) is 0 Å². The fraction of sp³-hybridized carbons (Fsp3) is 0.308. The normalized spacial score (nSPS) is 12.1. The van der Waals surface area contributed by atoms with Gasteiger partial charge in [0.2, 0.25) is 5.82 Å². The highest BCUT2D eigenvalue weighted by Gasteiger charge is 2.18. The van der Waals surface area contributed by atoms with E-state index >= 15 is 0 Å². The van der Waals surface area contributed by atoms with Gasteiger partial charge in [-0.3, -0.25) is 4.21 Å². The summed E-state index contributed by atoms with van der Waals surface area (Å²) in [7, 11) is -1.03. The lowest BCUT2D eigenvalue weighted by Crippen LogP contribution is -2.08. The third-order valence-electron chi connectivity index (χ3n) is 2.94. The molecule has 0 saturated carbocycles. The number of benzene rings is 1. The molecule has 0 radical (unpaired) electrons. The van der Waals surface area contributed by atoms with Gasteiger partial charge in [-0.1, -0.05) is 0 Å². The molecule has 0 spiro atoms. The van der Waals surface area contributed by atoms with E-state index in [0.29, 0.717) is 23.0 Å². The Morgan fingerprint density at radius 3 is 2.57 bits per heavy atom. The zero-order valence-electron chi connectivity index (χ0n) is 11.7. The topological polar surface area (TPSA) is 87.3 Å². The van der Waals surface area contributed by atoms with Crippen molar-refractivity contribution >= 4 is 16.6 Å². The Morgan fingerprint density at radius 2 is 2.05 bits per heavy atom. The number of ether oxygens (including phenoxy) is 1. The summed E-state index contributed by atoms with van der Waals surface area (Å²) >= 11 is 0. The third-order valence-corrected chi connectivity index (χ3v) is 3.88. The number of nitrogens with zero attached hydrogens (tertiary/aromatic N) is 3. The molecule has 0 bridgehead atoms. The van der Waals surface area contributed by atoms with Crippen molar-refractivity contribution in [2.45, 2.75) is 25.0 Å². The van der Waals surface area contributed by atoms with E-state index in [9.17, 15) is 14.3 Å². The van der Waals surface area contributed by atoms with Crippen LogP contribution in [-0.4, -0.2) is 24.9 Å². The molecule has 1 heterocycles. The molecular weight excluding hydrogens is 294 g/mol. The van der Waals surface area contributed by atoms with Crippen LogP contribution in [-0.2, 0) is 24.0 Å². The van der Waals surface area contributed by atoms with Gasteiger partial charge in [0.15, 0.2) is 6.61 Å². The van der Waals surface area contributed by atoms with Crippen molar-refractivity contribution < 1.29 is 13.9 Å². The Hall–Kier alpha value is -2.22. The molecule has 0 aliphatic carbocycles. The van der Waals surface area contributed by atoms with Gasteiger partial charge in [-0.2, -0.15) is 0 Å². The summed E-state index contributed by atoms with van der Waals surface area (Å²) in [5.41, 5.74) is 0. The van der Waals surface area contributed by atoms with Crippen molar-refractivity contribution in [2.75, 3.05) is 6.26 Å². The van der Waals surface area contributed by atoms with Crippen LogP contribution in [0.15, 0.2) is 35.4 Å². The monoisotopic (exact) mass is 309 g/mol. The summed E-state index contributed by atoms with van der Waals surface area (Å²) in [6, 6.07) is 6.87. The van der Waals surface area contributed by atoms with E-state index in [2.05, 4.69) is 4.98 Å². The van der Waals surface area contributed by atoms with Crippen LogP contribution in [0.3, 0.4) is 0 Å². The van der Waals surface area contributed by atoms with Crippen LogP contribution in [0.1, 0.15) is 12.7 Å². The van der Waals surface area contributed by atoms with Crippen molar-refractivity contribution in [1.29, 1.82) is 0 Å². The van der Waals surface area contributed by atoms with E-state index in [-0.39, 0.29) is 12.4 Å². The van der Waals surface area contributed by atoms with Crippen molar-refractivity contribution in [3.8, 4) is 5.75 Å². The van der Waals surface area contributed by atoms with E-state index < -0.39 is 15.7 Å². The number of hydrogen-bond donors (Lipinski definition) is 0. The molecule has 1 aromatic heterocycles. The molecule has 2 rings (SSSR count). The molecule has 112 valence electrons. The van der Waals surface area contributed by atoms with E-state index in [4.69, 9.17) is 4.74 Å². The van der Waals surface area contributed by atoms with Crippen LogP contribution in [0.4, 0.5) is 5.82 Å². The second kappa shape index (κ2) is 6.49. The van der Waals surface area contributed by atoms with Gasteiger partial charge in [0, 0.05) is 22.0 Å². The minimum atomic E-state index is -1.03. The lowest BCUT2D eigenvalue weighted by atomic mass is 10.3. The van der Waals surface area contributed by atoms with E-state index in [1.54, 1.807) is 30.5 Å². The average Bonchev–Trinajstić information content (AvgIpc) is 2.88. The second-order valence-electron chi connectivity index (χ2n) is 4.25. The molecule has 1 unspecified atom stereocenters. The second-order valence-corrected chi connectivity index (χ2v) is 5.63. The van der Waals surface area contributed by atoms with Crippen LogP contribution in [0.5, 0.6) is 5.75 Å². The minimum absolute atomic E-state index is 0.0483. The first kappa shape index (κ1) is 15.2. The molecule has 0 fully saturated rings. The largest absolute Gasteiger partial charge is 0.483 e. The number of hydrogen-bond acceptors (Lipinski definition) is 5. The Balaban J connectivity index is 2.09. The van der Waals surface area contributed by atoms with Gasteiger partial charge in [0.1, 0.15) is 11.9 Å². The van der Waals surface area contributed by atoms with Gasteiger partial charge in [0.25, 0.3) is 0 Å². The van der Waals surface area contributed by atoms with Crippen LogP contribution in [0.2, 0.25) is 0 Å². The molecule has 8 heteroatoms. The summed E-state index contributed by atoms with van der Waals surface area (Å²) in [6.07, 6.45) is 2.83. The summed E-state index contributed by atoms with van der Waals surface area (Å²) < 4.78 is 18.3. The predicted octanol–water partition coefficient (Wildman–Crippen LogP) is 2.13. The van der Waals surface area contributed by atoms with Gasteiger partial charge in [-0.25, -0.2) is 9.55 Å². The molecule has 7 nitrogen and oxygen atoms in total. The summed E-state index contributed by atoms with van der Waals surface area (Å²) in [4.78, 5) is 15.1. The van der Waals surface area contributed by atoms with Crippen molar-refractivity contribution in [3.05, 3.63) is 46.4 Å². The maximum Gasteiger partial charge on any atom is 0.342 e. The number of nitro groups is 1. The van der Waals surface area contributed by atoms with Crippen LogP contribution in [0.25, 0.3) is 0 Å². The number of aromatic nitrogens is 2.